The number of amides is 4. The van der Waals surface area contributed by atoms with Crippen molar-refractivity contribution in [1.29, 1.82) is 0 Å². The van der Waals surface area contributed by atoms with Gasteiger partial charge in [0.15, 0.2) is 5.54 Å². The van der Waals surface area contributed by atoms with E-state index in [-0.39, 0.29) is 25.0 Å². The van der Waals surface area contributed by atoms with Gasteiger partial charge in [0.25, 0.3) is 5.91 Å². The number of sulfonamides is 1. The molecule has 8 rings (SSSR count). The van der Waals surface area contributed by atoms with Gasteiger partial charge in [-0.1, -0.05) is 61.8 Å². The van der Waals surface area contributed by atoms with Crippen molar-refractivity contribution in [2.24, 2.45) is 11.8 Å². The SMILES string of the molecule is CC1(S(=O)(=O)NC(=O)C23C#CC2C=CCCCCCC2NC(=O)OC4CCCC4CCCCCc4nc5ccccc5nc4OC4CC(C(=O)N3)N(C4)C2=O)CC1. The molecule has 4 amide bonds. The summed E-state index contributed by atoms with van der Waals surface area (Å²) in [6.45, 7) is 1.57. The number of hydrogen-bond acceptors (Lipinski definition) is 10. The molecule has 7 atom stereocenters. The lowest BCUT2D eigenvalue weighted by atomic mass is 9.75. The Bertz CT molecular complexity index is 2130. The Morgan fingerprint density at radius 1 is 0.947 bits per heavy atom. The first-order valence-electron chi connectivity index (χ1n) is 20.7. The van der Waals surface area contributed by atoms with Gasteiger partial charge in [-0.3, -0.25) is 14.4 Å². The summed E-state index contributed by atoms with van der Waals surface area (Å²) in [5, 5.41) is 5.70. The van der Waals surface area contributed by atoms with E-state index < -0.39 is 68.2 Å². The number of ether oxygens (including phenoxy) is 2. The number of allylic oxidation sites excluding steroid dienone is 1. The number of carbonyl (C=O) groups is 4. The fourth-order valence-corrected chi connectivity index (χ4v) is 10.2. The van der Waals surface area contributed by atoms with Crippen LogP contribution in [-0.4, -0.2) is 88.2 Å². The molecule has 0 radical (unpaired) electrons. The number of carbonyl (C=O) groups excluding carboxylic acids is 4. The minimum Gasteiger partial charge on any atom is -0.471 e. The number of aryl methyl sites for hydroxylation is 1. The summed E-state index contributed by atoms with van der Waals surface area (Å²) in [4.78, 5) is 68.1. The Hall–Kier alpha value is -4.71. The predicted octanol–water partition coefficient (Wildman–Crippen LogP) is 4.37. The van der Waals surface area contributed by atoms with Crippen molar-refractivity contribution in [3.05, 3.63) is 42.1 Å². The number of para-hydroxylation sites is 2. The summed E-state index contributed by atoms with van der Waals surface area (Å²) in [6, 6.07) is 5.42. The second-order valence-corrected chi connectivity index (χ2v) is 19.1. The average Bonchev–Trinajstić information content (AvgIpc) is 3.58. The number of hydrogen-bond donors (Lipinski definition) is 3. The molecule has 1 aromatic heterocycles. The van der Waals surface area contributed by atoms with Crippen molar-refractivity contribution in [2.75, 3.05) is 6.54 Å². The van der Waals surface area contributed by atoms with Crippen LogP contribution in [0, 0.1) is 23.7 Å². The molecule has 3 aliphatic heterocycles. The van der Waals surface area contributed by atoms with Crippen LogP contribution < -0.4 is 20.1 Å². The molecule has 15 heteroatoms. The molecule has 1 saturated heterocycles. The molecule has 3 N–H and O–H groups in total. The molecule has 2 saturated carbocycles. The minimum atomic E-state index is -4.06. The molecular weight excluding hydrogens is 749 g/mol. The van der Waals surface area contributed by atoms with Gasteiger partial charge in [-0.15, -0.1) is 0 Å². The van der Waals surface area contributed by atoms with E-state index in [1.807, 2.05) is 30.3 Å². The van der Waals surface area contributed by atoms with Crippen LogP contribution >= 0.6 is 0 Å². The Morgan fingerprint density at radius 2 is 1.70 bits per heavy atom. The largest absolute Gasteiger partial charge is 0.471 e. The zero-order valence-corrected chi connectivity index (χ0v) is 33.3. The predicted molar refractivity (Wildman–Crippen MR) is 210 cm³/mol. The number of alkyl carbamates (subject to hydrolysis) is 1. The maximum absolute atomic E-state index is 14.7. The van der Waals surface area contributed by atoms with Gasteiger partial charge in [-0.2, -0.15) is 0 Å². The van der Waals surface area contributed by atoms with Crippen molar-refractivity contribution < 1.29 is 37.1 Å². The van der Waals surface area contributed by atoms with Gasteiger partial charge < -0.3 is 25.0 Å². The molecule has 6 aliphatic rings. The second-order valence-electron chi connectivity index (χ2n) is 16.9. The first kappa shape index (κ1) is 39.1. The highest BCUT2D eigenvalue weighted by Crippen LogP contribution is 2.43. The monoisotopic (exact) mass is 800 g/mol. The number of aromatic nitrogens is 2. The van der Waals surface area contributed by atoms with E-state index in [1.54, 1.807) is 13.0 Å². The minimum absolute atomic E-state index is 0.0102. The highest BCUT2D eigenvalue weighted by Gasteiger charge is 2.56. The van der Waals surface area contributed by atoms with Gasteiger partial charge in [-0.05, 0) is 95.6 Å². The van der Waals surface area contributed by atoms with Crippen molar-refractivity contribution in [1.82, 2.24) is 30.2 Å². The van der Waals surface area contributed by atoms with Gasteiger partial charge in [0, 0.05) is 6.42 Å². The van der Waals surface area contributed by atoms with Crippen LogP contribution in [-0.2, 0) is 35.6 Å². The van der Waals surface area contributed by atoms with E-state index >= 15 is 0 Å². The lowest BCUT2D eigenvalue weighted by Gasteiger charge is -2.38. The first-order valence-corrected chi connectivity index (χ1v) is 22.2. The molecule has 3 aliphatic carbocycles. The quantitative estimate of drug-likeness (QED) is 0.298. The van der Waals surface area contributed by atoms with Crippen molar-refractivity contribution in [3.63, 3.8) is 0 Å². The zero-order chi connectivity index (χ0) is 39.8. The Balaban J connectivity index is 1.14. The smallest absolute Gasteiger partial charge is 0.408 e. The Kier molecular flexibility index (Phi) is 10.9. The fourth-order valence-electron chi connectivity index (χ4n) is 8.87. The average molecular weight is 801 g/mol. The topological polar surface area (TPSA) is 186 Å². The third kappa shape index (κ3) is 8.07. The van der Waals surface area contributed by atoms with E-state index in [0.29, 0.717) is 55.6 Å². The molecule has 0 spiro atoms. The summed E-state index contributed by atoms with van der Waals surface area (Å²) < 4.78 is 40.3. The Labute approximate surface area is 333 Å². The zero-order valence-electron chi connectivity index (χ0n) is 32.5. The standard InChI is InChI=1S/C42H52N6O8S/c1-41(23-24-41)57(53,54)47-39(51)42-22-21-28(42)15-7-3-2-4-8-19-33-38(50)48-26-29(25-34(48)36(49)46-42)55-37-32(43-30-16-10-11-17-31(30)44-37)18-9-5-6-13-27-14-12-20-35(27)56-40(52)45-33/h7,10-11,15-17,27-29,33-35H,2-6,8-9,12-14,18-20,23-26H2,1H3,(H,45,52)(H,46,49)(H,47,51). The number of nitrogens with one attached hydrogen (secondary N) is 3. The van der Waals surface area contributed by atoms with Crippen LogP contribution in [0.2, 0.25) is 0 Å². The maximum Gasteiger partial charge on any atom is 0.408 e. The van der Waals surface area contributed by atoms with Crippen molar-refractivity contribution >= 4 is 44.9 Å². The number of rotatable bonds is 3. The van der Waals surface area contributed by atoms with Crippen molar-refractivity contribution in [3.8, 4) is 17.7 Å². The van der Waals surface area contributed by atoms with Gasteiger partial charge in [-0.25, -0.2) is 27.9 Å². The Morgan fingerprint density at radius 3 is 2.47 bits per heavy atom. The van der Waals surface area contributed by atoms with Crippen LogP contribution in [0.25, 0.3) is 11.0 Å². The molecule has 14 nitrogen and oxygen atoms in total. The molecule has 57 heavy (non-hydrogen) atoms. The van der Waals surface area contributed by atoms with Crippen LogP contribution in [0.4, 0.5) is 4.79 Å². The highest BCUT2D eigenvalue weighted by molar-refractivity contribution is 7.91. The van der Waals surface area contributed by atoms with Crippen LogP contribution in [0.15, 0.2) is 36.4 Å². The normalized spacial score (nSPS) is 31.7. The summed E-state index contributed by atoms with van der Waals surface area (Å²) in [6.07, 6.45) is 13.1. The molecule has 304 valence electrons. The highest BCUT2D eigenvalue weighted by atomic mass is 32.2. The van der Waals surface area contributed by atoms with E-state index in [2.05, 4.69) is 27.2 Å². The molecule has 7 unspecified atom stereocenters. The van der Waals surface area contributed by atoms with Crippen LogP contribution in [0.1, 0.15) is 109 Å². The van der Waals surface area contributed by atoms with E-state index in [4.69, 9.17) is 19.4 Å². The molecule has 3 bridgehead atoms. The van der Waals surface area contributed by atoms with E-state index in [9.17, 15) is 27.6 Å². The lowest BCUT2D eigenvalue weighted by molar-refractivity contribution is -0.141. The number of nitrogens with zero attached hydrogens (tertiary/aromatic N) is 3. The fraction of sp³-hybridized carbons (Fsp3) is 0.619. The molecule has 2 aromatic rings. The third-order valence-corrected chi connectivity index (χ3v) is 14.9. The molecule has 1 aromatic carbocycles. The van der Waals surface area contributed by atoms with E-state index in [1.165, 1.54) is 4.90 Å². The number of fused-ring (bicyclic) bond motifs is 6. The van der Waals surface area contributed by atoms with Crippen molar-refractivity contribution in [2.45, 2.75) is 144 Å². The van der Waals surface area contributed by atoms with Crippen LogP contribution in [0.5, 0.6) is 5.88 Å². The summed E-state index contributed by atoms with van der Waals surface area (Å²) >= 11 is 0. The maximum atomic E-state index is 14.7. The van der Waals surface area contributed by atoms with Gasteiger partial charge >= 0.3 is 6.09 Å². The first-order chi connectivity index (χ1) is 27.4. The van der Waals surface area contributed by atoms with Gasteiger partial charge in [0.2, 0.25) is 27.7 Å². The molecule has 4 heterocycles. The van der Waals surface area contributed by atoms with Gasteiger partial charge in [0.1, 0.15) is 30.0 Å². The summed E-state index contributed by atoms with van der Waals surface area (Å²) in [7, 11) is -4.06. The molecular formula is C42H52N6O8S. The molecule has 3 fully saturated rings. The summed E-state index contributed by atoms with van der Waals surface area (Å²) in [5.41, 5.74) is 0.206. The number of benzene rings is 1. The second kappa shape index (κ2) is 15.9. The van der Waals surface area contributed by atoms with E-state index in [0.717, 1.165) is 63.3 Å². The lowest BCUT2D eigenvalue weighted by Crippen LogP contribution is -2.68. The summed E-state index contributed by atoms with van der Waals surface area (Å²) in [5.74, 6) is 3.44. The van der Waals surface area contributed by atoms with Crippen LogP contribution in [0.3, 0.4) is 0 Å². The third-order valence-electron chi connectivity index (χ3n) is 12.8. The van der Waals surface area contributed by atoms with Gasteiger partial charge in [0.05, 0.1) is 28.2 Å².